The minimum Gasteiger partial charge on any atom is -0.503 e. The molecule has 0 bridgehead atoms. The molecular weight excluding hydrogens is 300 g/mol. The zero-order valence-electron chi connectivity index (χ0n) is 10.9. The first kappa shape index (κ1) is 14.6. The van der Waals surface area contributed by atoms with E-state index < -0.39 is 0 Å². The Hall–Kier alpha value is -1.79. The Kier molecular flexibility index (Phi) is 4.15. The van der Waals surface area contributed by atoms with E-state index in [1.807, 2.05) is 6.92 Å². The molecule has 2 rings (SSSR count). The highest BCUT2D eigenvalue weighted by molar-refractivity contribution is 7.80. The molecule has 2 N–H and O–H groups in total. The van der Waals surface area contributed by atoms with Crippen molar-refractivity contribution < 1.29 is 14.6 Å². The number of phenolic OH excluding ortho intramolecular Hbond substituents is 1. The fraction of sp³-hybridized carbons (Fsp3) is 0.231. The molecule has 1 heterocycles. The first-order valence-corrected chi connectivity index (χ1v) is 6.67. The van der Waals surface area contributed by atoms with Gasteiger partial charge in [0, 0.05) is 6.54 Å². The Morgan fingerprint density at radius 1 is 1.55 bits per heavy atom. The third-order valence-corrected chi connectivity index (χ3v) is 3.47. The third-order valence-electron chi connectivity index (χ3n) is 2.86. The molecule has 5 nitrogen and oxygen atoms in total. The molecule has 0 atom stereocenters. The predicted octanol–water partition coefficient (Wildman–Crippen LogP) is 2.13. The van der Waals surface area contributed by atoms with E-state index in [1.54, 1.807) is 18.2 Å². The number of ether oxygens (including phenoxy) is 1. The maximum absolute atomic E-state index is 12.1. The molecule has 106 valence electrons. The Morgan fingerprint density at radius 2 is 2.25 bits per heavy atom. The van der Waals surface area contributed by atoms with Crippen LogP contribution in [0.2, 0.25) is 5.02 Å². The van der Waals surface area contributed by atoms with Gasteiger partial charge in [0.1, 0.15) is 5.70 Å². The molecule has 1 amide bonds. The summed E-state index contributed by atoms with van der Waals surface area (Å²) < 4.78 is 5.02. The minimum atomic E-state index is -0.194. The Balaban J connectivity index is 2.39. The molecule has 1 saturated heterocycles. The number of nitrogens with zero attached hydrogens (tertiary/aromatic N) is 1. The second-order valence-corrected chi connectivity index (χ2v) is 4.89. The van der Waals surface area contributed by atoms with Crippen molar-refractivity contribution in [3.05, 3.63) is 28.4 Å². The van der Waals surface area contributed by atoms with Crippen LogP contribution < -0.4 is 10.1 Å². The molecular formula is C13H13ClN2O3S. The summed E-state index contributed by atoms with van der Waals surface area (Å²) in [6, 6.07) is 3.12. The smallest absolute Gasteiger partial charge is 0.276 e. The number of methoxy groups -OCH3 is 1. The summed E-state index contributed by atoms with van der Waals surface area (Å²) in [7, 11) is 1.43. The highest BCUT2D eigenvalue weighted by atomic mass is 35.5. The predicted molar refractivity (Wildman–Crippen MR) is 80.8 cm³/mol. The highest BCUT2D eigenvalue weighted by Crippen LogP contribution is 2.35. The molecule has 1 aliphatic heterocycles. The average molecular weight is 313 g/mol. The lowest BCUT2D eigenvalue weighted by Gasteiger charge is -2.09. The molecule has 1 aromatic rings. The second kappa shape index (κ2) is 5.68. The fourth-order valence-electron chi connectivity index (χ4n) is 1.86. The van der Waals surface area contributed by atoms with E-state index in [-0.39, 0.29) is 22.4 Å². The van der Waals surface area contributed by atoms with Gasteiger partial charge >= 0.3 is 0 Å². The summed E-state index contributed by atoms with van der Waals surface area (Å²) in [6.45, 7) is 2.34. The second-order valence-electron chi connectivity index (χ2n) is 4.09. The van der Waals surface area contributed by atoms with Crippen LogP contribution in [0.3, 0.4) is 0 Å². The van der Waals surface area contributed by atoms with Crippen LogP contribution in [-0.2, 0) is 4.79 Å². The fourth-order valence-corrected chi connectivity index (χ4v) is 2.40. The van der Waals surface area contributed by atoms with Crippen LogP contribution in [0.5, 0.6) is 11.5 Å². The lowest BCUT2D eigenvalue weighted by atomic mass is 10.1. The standard InChI is InChI=1S/C13H13ClN2O3S/c1-3-16-12(18)9(15-13(16)20)5-7-4-8(14)11(17)10(6-7)19-2/h4-6,17H,3H2,1-2H3,(H,15,20). The number of hydrogen-bond acceptors (Lipinski definition) is 4. The number of nitrogens with one attached hydrogen (secondary N) is 1. The minimum absolute atomic E-state index is 0.132. The largest absolute Gasteiger partial charge is 0.503 e. The van der Waals surface area contributed by atoms with Crippen molar-refractivity contribution in [1.82, 2.24) is 10.2 Å². The number of thiocarbonyl (C=S) groups is 1. The summed E-state index contributed by atoms with van der Waals surface area (Å²) >= 11 is 11.0. The number of carbonyl (C=O) groups excluding carboxylic acids is 1. The molecule has 0 unspecified atom stereocenters. The number of hydrogen-bond donors (Lipinski definition) is 2. The van der Waals surface area contributed by atoms with Gasteiger partial charge in [-0.15, -0.1) is 0 Å². The van der Waals surface area contributed by atoms with E-state index >= 15 is 0 Å². The number of aromatic hydroxyl groups is 1. The van der Waals surface area contributed by atoms with E-state index in [4.69, 9.17) is 28.6 Å². The van der Waals surface area contributed by atoms with Gasteiger partial charge in [-0.2, -0.15) is 0 Å². The van der Waals surface area contributed by atoms with E-state index in [0.717, 1.165) is 0 Å². The Labute approximate surface area is 126 Å². The Bertz CT molecular complexity index is 616. The van der Waals surface area contributed by atoms with Gasteiger partial charge < -0.3 is 15.2 Å². The van der Waals surface area contributed by atoms with E-state index in [9.17, 15) is 9.90 Å². The summed E-state index contributed by atoms with van der Waals surface area (Å²) in [4.78, 5) is 13.5. The van der Waals surface area contributed by atoms with Crippen LogP contribution in [0.4, 0.5) is 0 Å². The molecule has 0 aliphatic carbocycles. The van der Waals surface area contributed by atoms with Crippen LogP contribution in [0.15, 0.2) is 17.8 Å². The van der Waals surface area contributed by atoms with Crippen LogP contribution in [0.25, 0.3) is 6.08 Å². The van der Waals surface area contributed by atoms with Gasteiger partial charge in [-0.3, -0.25) is 9.69 Å². The van der Waals surface area contributed by atoms with Gasteiger partial charge in [0.25, 0.3) is 5.91 Å². The van der Waals surface area contributed by atoms with Crippen molar-refractivity contribution in [2.45, 2.75) is 6.92 Å². The zero-order chi connectivity index (χ0) is 14.9. The van der Waals surface area contributed by atoms with Crippen LogP contribution in [-0.4, -0.2) is 34.7 Å². The topological polar surface area (TPSA) is 61.8 Å². The SMILES string of the molecule is CCN1C(=O)C(=Cc2cc(Cl)c(O)c(OC)c2)NC1=S. The van der Waals surface area contributed by atoms with Gasteiger partial charge in [0.2, 0.25) is 0 Å². The average Bonchev–Trinajstić information content (AvgIpc) is 2.68. The summed E-state index contributed by atoms with van der Waals surface area (Å²) in [6.07, 6.45) is 1.61. The van der Waals surface area contributed by atoms with E-state index in [1.165, 1.54) is 12.0 Å². The van der Waals surface area contributed by atoms with Crippen molar-refractivity contribution in [3.8, 4) is 11.5 Å². The molecule has 0 radical (unpaired) electrons. The van der Waals surface area contributed by atoms with Crippen molar-refractivity contribution in [1.29, 1.82) is 0 Å². The van der Waals surface area contributed by atoms with Crippen molar-refractivity contribution in [3.63, 3.8) is 0 Å². The van der Waals surface area contributed by atoms with Crippen molar-refractivity contribution in [2.24, 2.45) is 0 Å². The van der Waals surface area contributed by atoms with Crippen LogP contribution >= 0.6 is 23.8 Å². The molecule has 1 aliphatic rings. The number of rotatable bonds is 3. The normalized spacial score (nSPS) is 16.8. The molecule has 7 heteroatoms. The van der Waals surface area contributed by atoms with Crippen molar-refractivity contribution in [2.75, 3.05) is 13.7 Å². The number of phenols is 1. The maximum atomic E-state index is 12.1. The third kappa shape index (κ3) is 2.57. The maximum Gasteiger partial charge on any atom is 0.276 e. The molecule has 0 saturated carbocycles. The van der Waals surface area contributed by atoms with Gasteiger partial charge in [-0.05, 0) is 42.9 Å². The van der Waals surface area contributed by atoms with Crippen LogP contribution in [0.1, 0.15) is 12.5 Å². The summed E-state index contributed by atoms with van der Waals surface area (Å²) in [5.41, 5.74) is 0.988. The van der Waals surface area contributed by atoms with E-state index in [2.05, 4.69) is 5.32 Å². The summed E-state index contributed by atoms with van der Waals surface area (Å²) in [5.74, 6) is -0.0851. The van der Waals surface area contributed by atoms with Gasteiger partial charge in [0.05, 0.1) is 12.1 Å². The number of benzene rings is 1. The Morgan fingerprint density at radius 3 is 2.80 bits per heavy atom. The van der Waals surface area contributed by atoms with E-state index in [0.29, 0.717) is 22.9 Å². The van der Waals surface area contributed by atoms with Crippen molar-refractivity contribution >= 4 is 40.9 Å². The monoisotopic (exact) mass is 312 g/mol. The van der Waals surface area contributed by atoms with Gasteiger partial charge in [-0.25, -0.2) is 0 Å². The number of likely N-dealkylation sites (N-methyl/N-ethyl adjacent to an activating group) is 1. The first-order valence-electron chi connectivity index (χ1n) is 5.89. The lowest BCUT2D eigenvalue weighted by molar-refractivity contribution is -0.122. The number of carbonyl (C=O) groups is 1. The quantitative estimate of drug-likeness (QED) is 0.661. The molecule has 0 aromatic heterocycles. The van der Waals surface area contributed by atoms with Crippen LogP contribution in [0, 0.1) is 0 Å². The molecule has 20 heavy (non-hydrogen) atoms. The molecule has 1 aromatic carbocycles. The lowest BCUT2D eigenvalue weighted by Crippen LogP contribution is -2.30. The highest BCUT2D eigenvalue weighted by Gasteiger charge is 2.29. The first-order chi connectivity index (χ1) is 9.47. The molecule has 1 fully saturated rings. The number of amides is 1. The van der Waals surface area contributed by atoms with Gasteiger partial charge in [-0.1, -0.05) is 11.6 Å². The van der Waals surface area contributed by atoms with Gasteiger partial charge in [0.15, 0.2) is 16.6 Å². The summed E-state index contributed by atoms with van der Waals surface area (Å²) in [5, 5.41) is 13.0. The molecule has 0 spiro atoms. The zero-order valence-corrected chi connectivity index (χ0v) is 12.5. The number of halogens is 1.